The summed E-state index contributed by atoms with van der Waals surface area (Å²) in [7, 11) is 0. The summed E-state index contributed by atoms with van der Waals surface area (Å²) in [6, 6.07) is 14.0. The molecule has 42 heavy (non-hydrogen) atoms. The van der Waals surface area contributed by atoms with Crippen LogP contribution in [0.25, 0.3) is 0 Å². The quantitative estimate of drug-likeness (QED) is 0.266. The van der Waals surface area contributed by atoms with Gasteiger partial charge in [-0.15, -0.1) is 0 Å². The van der Waals surface area contributed by atoms with E-state index in [2.05, 4.69) is 66.2 Å². The number of carbonyl (C=O) groups excluding carboxylic acids is 2. The van der Waals surface area contributed by atoms with Crippen LogP contribution in [0.15, 0.2) is 65.5 Å². The summed E-state index contributed by atoms with van der Waals surface area (Å²) in [5.41, 5.74) is 4.71. The van der Waals surface area contributed by atoms with Gasteiger partial charge in [0.2, 0.25) is 0 Å². The number of oxazole rings is 1. The lowest BCUT2D eigenvalue weighted by molar-refractivity contribution is 0.0951. The highest BCUT2D eigenvalue weighted by Gasteiger charge is 2.30. The van der Waals surface area contributed by atoms with Crippen molar-refractivity contribution in [2.24, 2.45) is 0 Å². The van der Waals surface area contributed by atoms with Crippen molar-refractivity contribution in [3.63, 3.8) is 0 Å². The number of hydrogen-bond donors (Lipinski definition) is 2. The van der Waals surface area contributed by atoms with Crippen LogP contribution in [0.1, 0.15) is 63.3 Å². The Morgan fingerprint density at radius 2 is 1.74 bits per heavy atom. The minimum absolute atomic E-state index is 0.179. The first-order chi connectivity index (χ1) is 20.5. The number of aryl methyl sites for hydroxylation is 3. The Balaban J connectivity index is 1.16. The number of para-hydroxylation sites is 1. The number of rotatable bonds is 10. The van der Waals surface area contributed by atoms with E-state index in [1.165, 1.54) is 17.5 Å². The van der Waals surface area contributed by atoms with Gasteiger partial charge < -0.3 is 29.4 Å². The molecular formula is C32H37N7O3. The summed E-state index contributed by atoms with van der Waals surface area (Å²) < 4.78 is 7.61. The predicted molar refractivity (Wildman–Crippen MR) is 162 cm³/mol. The van der Waals surface area contributed by atoms with Crippen LogP contribution in [0.2, 0.25) is 0 Å². The highest BCUT2D eigenvalue weighted by atomic mass is 16.3. The minimum atomic E-state index is -0.348. The first-order valence-electron chi connectivity index (χ1n) is 14.7. The molecule has 10 heteroatoms. The summed E-state index contributed by atoms with van der Waals surface area (Å²) in [6.07, 6.45) is 8.00. The van der Waals surface area contributed by atoms with E-state index in [1.807, 2.05) is 25.3 Å². The highest BCUT2D eigenvalue weighted by molar-refractivity contribution is 6.06. The molecule has 0 bridgehead atoms. The molecule has 218 valence electrons. The molecule has 2 aliphatic rings. The lowest BCUT2D eigenvalue weighted by Crippen LogP contribution is -2.47. The van der Waals surface area contributed by atoms with E-state index in [0.29, 0.717) is 29.6 Å². The van der Waals surface area contributed by atoms with Gasteiger partial charge in [0.05, 0.1) is 11.4 Å². The summed E-state index contributed by atoms with van der Waals surface area (Å²) in [6.45, 7) is 8.68. The molecule has 3 heterocycles. The van der Waals surface area contributed by atoms with Gasteiger partial charge in [-0.2, -0.15) is 0 Å². The third-order valence-corrected chi connectivity index (χ3v) is 8.05. The van der Waals surface area contributed by atoms with E-state index in [9.17, 15) is 9.59 Å². The number of hydrogen-bond acceptors (Lipinski definition) is 7. The second-order valence-corrected chi connectivity index (χ2v) is 11.1. The number of benzene rings is 2. The Hall–Kier alpha value is -4.60. The van der Waals surface area contributed by atoms with E-state index < -0.39 is 0 Å². The maximum atomic E-state index is 13.2. The number of anilines is 3. The molecule has 2 fully saturated rings. The van der Waals surface area contributed by atoms with Crippen LogP contribution in [-0.2, 0) is 6.54 Å². The molecule has 0 radical (unpaired) electrons. The second kappa shape index (κ2) is 12.1. The smallest absolute Gasteiger partial charge is 0.277 e. The monoisotopic (exact) mass is 567 g/mol. The molecule has 1 aliphatic heterocycles. The average molecular weight is 568 g/mol. The van der Waals surface area contributed by atoms with Crippen molar-refractivity contribution in [1.82, 2.24) is 19.9 Å². The molecule has 2 N–H and O–H groups in total. The molecule has 0 atom stereocenters. The van der Waals surface area contributed by atoms with Gasteiger partial charge in [0.1, 0.15) is 12.1 Å². The zero-order valence-electron chi connectivity index (χ0n) is 24.2. The SMILES string of the molecule is Cc1ccccc1N1CCN(c2ccc(C(=O)NCCCn3ccnc3C)cc2NC(=O)c2coc(C3CC3)n2)CC1. The van der Waals surface area contributed by atoms with Gasteiger partial charge >= 0.3 is 0 Å². The Kier molecular flexibility index (Phi) is 7.94. The predicted octanol–water partition coefficient (Wildman–Crippen LogP) is 4.76. The van der Waals surface area contributed by atoms with E-state index >= 15 is 0 Å². The fourth-order valence-electron chi connectivity index (χ4n) is 5.45. The molecule has 10 nitrogen and oxygen atoms in total. The molecule has 1 saturated heterocycles. The van der Waals surface area contributed by atoms with Crippen molar-refractivity contribution in [2.75, 3.05) is 47.8 Å². The largest absolute Gasteiger partial charge is 0.448 e. The summed E-state index contributed by atoms with van der Waals surface area (Å²) in [4.78, 5) is 39.6. The number of nitrogens with zero attached hydrogens (tertiary/aromatic N) is 5. The topological polar surface area (TPSA) is 109 Å². The number of nitrogens with one attached hydrogen (secondary N) is 2. The third kappa shape index (κ3) is 6.17. The summed E-state index contributed by atoms with van der Waals surface area (Å²) >= 11 is 0. The molecule has 0 spiro atoms. The molecule has 1 aliphatic carbocycles. The number of piperazine rings is 1. The molecule has 2 aromatic heterocycles. The maximum absolute atomic E-state index is 13.2. The van der Waals surface area contributed by atoms with Crippen molar-refractivity contribution in [1.29, 1.82) is 0 Å². The summed E-state index contributed by atoms with van der Waals surface area (Å²) in [5.74, 6) is 1.36. The van der Waals surface area contributed by atoms with Gasteiger partial charge in [-0.1, -0.05) is 18.2 Å². The first kappa shape index (κ1) is 27.6. The minimum Gasteiger partial charge on any atom is -0.448 e. The highest BCUT2D eigenvalue weighted by Crippen LogP contribution is 2.39. The van der Waals surface area contributed by atoms with Gasteiger partial charge in [0.25, 0.3) is 11.8 Å². The molecule has 4 aromatic rings. The van der Waals surface area contributed by atoms with Crippen LogP contribution in [0.4, 0.5) is 17.1 Å². The fraction of sp³-hybridized carbons (Fsp3) is 0.375. The van der Waals surface area contributed by atoms with E-state index in [1.54, 1.807) is 12.3 Å². The number of carbonyl (C=O) groups is 2. The first-order valence-corrected chi connectivity index (χ1v) is 14.7. The van der Waals surface area contributed by atoms with Crippen molar-refractivity contribution < 1.29 is 14.0 Å². The molecule has 6 rings (SSSR count). The summed E-state index contributed by atoms with van der Waals surface area (Å²) in [5, 5.41) is 6.04. The third-order valence-electron chi connectivity index (χ3n) is 8.05. The Morgan fingerprint density at radius 1 is 0.976 bits per heavy atom. The van der Waals surface area contributed by atoms with Gasteiger partial charge in [0.15, 0.2) is 11.6 Å². The van der Waals surface area contributed by atoms with Gasteiger partial charge in [-0.05, 0) is 62.9 Å². The molecule has 2 amide bonds. The van der Waals surface area contributed by atoms with Crippen LogP contribution in [0.3, 0.4) is 0 Å². The fourth-order valence-corrected chi connectivity index (χ4v) is 5.45. The van der Waals surface area contributed by atoms with Gasteiger partial charge in [-0.25, -0.2) is 9.97 Å². The number of aromatic nitrogens is 3. The van der Waals surface area contributed by atoms with Gasteiger partial charge in [0, 0.05) is 68.8 Å². The van der Waals surface area contributed by atoms with Crippen molar-refractivity contribution in [3.05, 3.63) is 89.7 Å². The lowest BCUT2D eigenvalue weighted by atomic mass is 10.1. The second-order valence-electron chi connectivity index (χ2n) is 11.1. The zero-order valence-corrected chi connectivity index (χ0v) is 24.2. The maximum Gasteiger partial charge on any atom is 0.277 e. The van der Waals surface area contributed by atoms with E-state index in [-0.39, 0.29) is 17.5 Å². The van der Waals surface area contributed by atoms with Crippen LogP contribution >= 0.6 is 0 Å². The molecule has 1 saturated carbocycles. The Labute approximate surface area is 245 Å². The van der Waals surface area contributed by atoms with Crippen molar-refractivity contribution in [3.8, 4) is 0 Å². The van der Waals surface area contributed by atoms with E-state index in [0.717, 1.165) is 63.5 Å². The van der Waals surface area contributed by atoms with Crippen LogP contribution in [0, 0.1) is 13.8 Å². The van der Waals surface area contributed by atoms with Crippen LogP contribution in [0.5, 0.6) is 0 Å². The average Bonchev–Trinajstić information content (AvgIpc) is 3.59. The molecule has 0 unspecified atom stereocenters. The lowest BCUT2D eigenvalue weighted by Gasteiger charge is -2.38. The van der Waals surface area contributed by atoms with Crippen LogP contribution < -0.4 is 20.4 Å². The van der Waals surface area contributed by atoms with Crippen molar-refractivity contribution >= 4 is 28.9 Å². The van der Waals surface area contributed by atoms with E-state index in [4.69, 9.17) is 4.42 Å². The normalized spacial score (nSPS) is 15.1. The Bertz CT molecular complexity index is 1560. The number of amides is 2. The van der Waals surface area contributed by atoms with Gasteiger partial charge in [-0.3, -0.25) is 9.59 Å². The zero-order chi connectivity index (χ0) is 29.1. The van der Waals surface area contributed by atoms with Crippen LogP contribution in [-0.4, -0.2) is 59.1 Å². The van der Waals surface area contributed by atoms with Crippen molar-refractivity contribution in [2.45, 2.75) is 45.6 Å². The molecule has 2 aromatic carbocycles. The number of imidazole rings is 1. The standard InChI is InChI=1S/C32H37N7O3/c1-22-6-3-4-7-28(22)38-16-18-39(19-17-38)29-11-10-25(30(40)34-12-5-14-37-15-13-33-23(37)2)20-26(29)35-31(41)27-21-42-32(36-27)24-8-9-24/h3-4,6-7,10-11,13,15,20-21,24H,5,8-9,12,14,16-19H2,1-2H3,(H,34,40)(H,35,41). The molecular weight excluding hydrogens is 530 g/mol. The Morgan fingerprint density at radius 3 is 2.45 bits per heavy atom.